The SMILES string of the molecule is O=C(CNc1ccccc1)NCCC1CCCNC1. The molecule has 0 saturated carbocycles. The first-order chi connectivity index (χ1) is 9.34. The summed E-state index contributed by atoms with van der Waals surface area (Å²) in [5.74, 6) is 0.781. The van der Waals surface area contributed by atoms with E-state index in [1.165, 1.54) is 12.8 Å². The predicted octanol–water partition coefficient (Wildman–Crippen LogP) is 1.60. The van der Waals surface area contributed by atoms with Gasteiger partial charge >= 0.3 is 0 Å². The molecule has 1 aliphatic rings. The van der Waals surface area contributed by atoms with Crippen molar-refractivity contribution in [1.82, 2.24) is 10.6 Å². The van der Waals surface area contributed by atoms with E-state index >= 15 is 0 Å². The lowest BCUT2D eigenvalue weighted by atomic mass is 9.96. The first-order valence-electron chi connectivity index (χ1n) is 7.11. The second-order valence-corrected chi connectivity index (χ2v) is 5.07. The van der Waals surface area contributed by atoms with Gasteiger partial charge in [0.2, 0.25) is 5.91 Å². The average Bonchev–Trinajstić information content (AvgIpc) is 2.47. The Morgan fingerprint density at radius 3 is 2.89 bits per heavy atom. The van der Waals surface area contributed by atoms with Gasteiger partial charge in [0.25, 0.3) is 0 Å². The third-order valence-electron chi connectivity index (χ3n) is 3.50. The number of anilines is 1. The highest BCUT2D eigenvalue weighted by atomic mass is 16.1. The van der Waals surface area contributed by atoms with Gasteiger partial charge in [-0.1, -0.05) is 18.2 Å². The van der Waals surface area contributed by atoms with Gasteiger partial charge in [0.15, 0.2) is 0 Å². The number of hydrogen-bond donors (Lipinski definition) is 3. The molecule has 1 atom stereocenters. The molecule has 0 spiro atoms. The maximum atomic E-state index is 11.7. The summed E-state index contributed by atoms with van der Waals surface area (Å²) in [4.78, 5) is 11.7. The molecule has 104 valence electrons. The highest BCUT2D eigenvalue weighted by molar-refractivity contribution is 5.80. The number of piperidine rings is 1. The van der Waals surface area contributed by atoms with Gasteiger partial charge < -0.3 is 16.0 Å². The molecule has 1 aromatic rings. The van der Waals surface area contributed by atoms with Gasteiger partial charge in [-0.15, -0.1) is 0 Å². The molecule has 1 amide bonds. The van der Waals surface area contributed by atoms with Crippen LogP contribution in [0.4, 0.5) is 5.69 Å². The van der Waals surface area contributed by atoms with Gasteiger partial charge in [-0.05, 0) is 50.4 Å². The minimum absolute atomic E-state index is 0.0626. The molecule has 1 aromatic carbocycles. The average molecular weight is 261 g/mol. The number of carbonyl (C=O) groups excluding carboxylic acids is 1. The predicted molar refractivity (Wildman–Crippen MR) is 78.2 cm³/mol. The van der Waals surface area contributed by atoms with Crippen molar-refractivity contribution in [2.75, 3.05) is 31.5 Å². The second kappa shape index (κ2) is 7.79. The Bertz CT molecular complexity index is 374. The van der Waals surface area contributed by atoms with Gasteiger partial charge in [-0.25, -0.2) is 0 Å². The molecule has 0 aromatic heterocycles. The van der Waals surface area contributed by atoms with Crippen LogP contribution < -0.4 is 16.0 Å². The van der Waals surface area contributed by atoms with Crippen molar-refractivity contribution in [3.63, 3.8) is 0 Å². The van der Waals surface area contributed by atoms with E-state index < -0.39 is 0 Å². The summed E-state index contributed by atoms with van der Waals surface area (Å²) in [6.45, 7) is 3.36. The van der Waals surface area contributed by atoms with Gasteiger partial charge in [0.05, 0.1) is 6.54 Å². The zero-order valence-corrected chi connectivity index (χ0v) is 11.3. The summed E-state index contributed by atoms with van der Waals surface area (Å²) in [5, 5.41) is 9.47. The number of para-hydroxylation sites is 1. The van der Waals surface area contributed by atoms with Crippen LogP contribution in [0.25, 0.3) is 0 Å². The van der Waals surface area contributed by atoms with Crippen LogP contribution in [0.5, 0.6) is 0 Å². The molecule has 1 unspecified atom stereocenters. The number of nitrogens with one attached hydrogen (secondary N) is 3. The molecule has 1 fully saturated rings. The monoisotopic (exact) mass is 261 g/mol. The van der Waals surface area contributed by atoms with E-state index in [1.807, 2.05) is 30.3 Å². The van der Waals surface area contributed by atoms with E-state index in [4.69, 9.17) is 0 Å². The summed E-state index contributed by atoms with van der Waals surface area (Å²) < 4.78 is 0. The molecule has 1 aliphatic heterocycles. The van der Waals surface area contributed by atoms with Gasteiger partial charge in [-0.3, -0.25) is 4.79 Å². The molecule has 2 rings (SSSR count). The van der Waals surface area contributed by atoms with E-state index in [-0.39, 0.29) is 5.91 Å². The Morgan fingerprint density at radius 1 is 1.32 bits per heavy atom. The minimum Gasteiger partial charge on any atom is -0.376 e. The maximum Gasteiger partial charge on any atom is 0.239 e. The molecular weight excluding hydrogens is 238 g/mol. The molecule has 0 radical (unpaired) electrons. The summed E-state index contributed by atoms with van der Waals surface area (Å²) >= 11 is 0. The highest BCUT2D eigenvalue weighted by Crippen LogP contribution is 2.12. The summed E-state index contributed by atoms with van der Waals surface area (Å²) in [7, 11) is 0. The molecule has 0 aliphatic carbocycles. The Morgan fingerprint density at radius 2 is 2.16 bits per heavy atom. The van der Waals surface area contributed by atoms with Gasteiger partial charge in [0.1, 0.15) is 0 Å². The minimum atomic E-state index is 0.0626. The highest BCUT2D eigenvalue weighted by Gasteiger charge is 2.12. The van der Waals surface area contributed by atoms with Gasteiger partial charge in [0, 0.05) is 12.2 Å². The Balaban J connectivity index is 1.57. The lowest BCUT2D eigenvalue weighted by molar-refractivity contribution is -0.119. The molecule has 19 heavy (non-hydrogen) atoms. The number of benzene rings is 1. The summed E-state index contributed by atoms with van der Waals surface area (Å²) in [5.41, 5.74) is 0.981. The third kappa shape index (κ3) is 5.30. The Hall–Kier alpha value is -1.55. The van der Waals surface area contributed by atoms with E-state index in [0.29, 0.717) is 6.54 Å². The molecule has 3 N–H and O–H groups in total. The second-order valence-electron chi connectivity index (χ2n) is 5.07. The molecule has 4 nitrogen and oxygen atoms in total. The zero-order chi connectivity index (χ0) is 13.3. The van der Waals surface area contributed by atoms with Crippen molar-refractivity contribution in [3.8, 4) is 0 Å². The van der Waals surface area contributed by atoms with E-state index in [2.05, 4.69) is 16.0 Å². The van der Waals surface area contributed by atoms with Crippen LogP contribution in [0.15, 0.2) is 30.3 Å². The normalized spacial score (nSPS) is 18.8. The van der Waals surface area contributed by atoms with Crippen LogP contribution in [-0.4, -0.2) is 32.1 Å². The Kier molecular flexibility index (Phi) is 5.69. The molecular formula is C15H23N3O. The van der Waals surface area contributed by atoms with Crippen LogP contribution in [-0.2, 0) is 4.79 Å². The first-order valence-corrected chi connectivity index (χ1v) is 7.11. The summed E-state index contributed by atoms with van der Waals surface area (Å²) in [6, 6.07) is 9.79. The van der Waals surface area contributed by atoms with Gasteiger partial charge in [-0.2, -0.15) is 0 Å². The van der Waals surface area contributed by atoms with Crippen LogP contribution in [0, 0.1) is 5.92 Å². The first kappa shape index (κ1) is 13.9. The molecule has 0 bridgehead atoms. The smallest absolute Gasteiger partial charge is 0.239 e. The fourth-order valence-corrected chi connectivity index (χ4v) is 2.39. The molecule has 4 heteroatoms. The number of amides is 1. The van der Waals surface area contributed by atoms with E-state index in [1.54, 1.807) is 0 Å². The number of hydrogen-bond acceptors (Lipinski definition) is 3. The lowest BCUT2D eigenvalue weighted by Crippen LogP contribution is -2.35. The Labute approximate surface area is 115 Å². The molecule has 1 heterocycles. The largest absolute Gasteiger partial charge is 0.376 e. The number of carbonyl (C=O) groups is 1. The topological polar surface area (TPSA) is 53.2 Å². The van der Waals surface area contributed by atoms with Crippen molar-refractivity contribution >= 4 is 11.6 Å². The van der Waals surface area contributed by atoms with Crippen LogP contribution in [0.2, 0.25) is 0 Å². The van der Waals surface area contributed by atoms with Crippen molar-refractivity contribution in [3.05, 3.63) is 30.3 Å². The number of rotatable bonds is 6. The fraction of sp³-hybridized carbons (Fsp3) is 0.533. The van der Waals surface area contributed by atoms with E-state index in [0.717, 1.165) is 37.7 Å². The van der Waals surface area contributed by atoms with Crippen molar-refractivity contribution in [2.24, 2.45) is 5.92 Å². The standard InChI is InChI=1S/C15H23N3O/c19-15(12-18-14-6-2-1-3-7-14)17-10-8-13-5-4-9-16-11-13/h1-3,6-7,13,16,18H,4-5,8-12H2,(H,17,19). The van der Waals surface area contributed by atoms with Crippen LogP contribution >= 0.6 is 0 Å². The van der Waals surface area contributed by atoms with Crippen molar-refractivity contribution in [2.45, 2.75) is 19.3 Å². The van der Waals surface area contributed by atoms with Crippen LogP contribution in [0.3, 0.4) is 0 Å². The quantitative estimate of drug-likeness (QED) is 0.729. The maximum absolute atomic E-state index is 11.7. The molecule has 1 saturated heterocycles. The third-order valence-corrected chi connectivity index (χ3v) is 3.50. The van der Waals surface area contributed by atoms with E-state index in [9.17, 15) is 4.79 Å². The summed E-state index contributed by atoms with van der Waals surface area (Å²) in [6.07, 6.45) is 3.61. The van der Waals surface area contributed by atoms with Crippen molar-refractivity contribution < 1.29 is 4.79 Å². The zero-order valence-electron chi connectivity index (χ0n) is 11.3. The van der Waals surface area contributed by atoms with Crippen LogP contribution in [0.1, 0.15) is 19.3 Å². The lowest BCUT2D eigenvalue weighted by Gasteiger charge is -2.22. The fourth-order valence-electron chi connectivity index (χ4n) is 2.39. The van der Waals surface area contributed by atoms with Crippen molar-refractivity contribution in [1.29, 1.82) is 0 Å².